The maximum Gasteiger partial charge on any atom is 0.416 e. The fourth-order valence-corrected chi connectivity index (χ4v) is 2.81. The van der Waals surface area contributed by atoms with E-state index in [-0.39, 0.29) is 24.3 Å². The lowest BCUT2D eigenvalue weighted by molar-refractivity contribution is -0.137. The molecule has 1 aromatic carbocycles. The van der Waals surface area contributed by atoms with Gasteiger partial charge in [-0.2, -0.15) is 13.2 Å². The number of ether oxygens (including phenoxy) is 1. The van der Waals surface area contributed by atoms with Crippen molar-refractivity contribution in [3.63, 3.8) is 0 Å². The summed E-state index contributed by atoms with van der Waals surface area (Å²) in [7, 11) is 0. The third kappa shape index (κ3) is 2.70. The van der Waals surface area contributed by atoms with E-state index in [1.54, 1.807) is 4.90 Å². The average Bonchev–Trinajstić information content (AvgIpc) is 2.46. The van der Waals surface area contributed by atoms with Gasteiger partial charge in [-0.05, 0) is 44.1 Å². The molecular formula is C14H15F3N2O2. The van der Waals surface area contributed by atoms with Gasteiger partial charge in [0.25, 0.3) is 5.91 Å². The van der Waals surface area contributed by atoms with Crippen molar-refractivity contribution in [2.45, 2.75) is 25.1 Å². The Hall–Kier alpha value is -1.76. The molecule has 2 aliphatic rings. The van der Waals surface area contributed by atoms with Crippen LogP contribution in [0.1, 0.15) is 18.4 Å². The number of hydrogen-bond acceptors (Lipinski definition) is 3. The van der Waals surface area contributed by atoms with Gasteiger partial charge in [-0.3, -0.25) is 4.79 Å². The SMILES string of the molecule is O=C1COc2cc(C(F)(F)F)ccc2N1C1CCNCC1. The molecule has 4 nitrogen and oxygen atoms in total. The Morgan fingerprint density at radius 3 is 2.62 bits per heavy atom. The van der Waals surface area contributed by atoms with E-state index < -0.39 is 11.7 Å². The standard InChI is InChI=1S/C14H15F3N2O2/c15-14(16,17)9-1-2-11-12(7-9)21-8-13(20)19(11)10-3-5-18-6-4-10/h1-2,7,10,18H,3-6,8H2. The Kier molecular flexibility index (Phi) is 3.52. The Balaban J connectivity index is 1.96. The molecule has 2 heterocycles. The number of rotatable bonds is 1. The molecule has 3 rings (SSSR count). The van der Waals surface area contributed by atoms with Gasteiger partial charge in [-0.1, -0.05) is 0 Å². The molecule has 0 spiro atoms. The molecule has 114 valence electrons. The largest absolute Gasteiger partial charge is 0.482 e. The maximum atomic E-state index is 12.7. The first-order valence-electron chi connectivity index (χ1n) is 6.83. The van der Waals surface area contributed by atoms with Gasteiger partial charge < -0.3 is 15.0 Å². The van der Waals surface area contributed by atoms with Crippen LogP contribution in [0.25, 0.3) is 0 Å². The summed E-state index contributed by atoms with van der Waals surface area (Å²) in [6.07, 6.45) is -2.85. The Morgan fingerprint density at radius 1 is 1.24 bits per heavy atom. The van der Waals surface area contributed by atoms with Crippen LogP contribution in [0.5, 0.6) is 5.75 Å². The van der Waals surface area contributed by atoms with E-state index in [0.717, 1.165) is 38.1 Å². The zero-order valence-electron chi connectivity index (χ0n) is 11.2. The number of benzene rings is 1. The van der Waals surface area contributed by atoms with Gasteiger partial charge in [-0.25, -0.2) is 0 Å². The molecule has 0 radical (unpaired) electrons. The first-order valence-corrected chi connectivity index (χ1v) is 6.83. The molecule has 0 aromatic heterocycles. The zero-order chi connectivity index (χ0) is 15.0. The van der Waals surface area contributed by atoms with Gasteiger partial charge in [0.2, 0.25) is 0 Å². The van der Waals surface area contributed by atoms with E-state index in [1.807, 2.05) is 0 Å². The first-order chi connectivity index (χ1) is 9.97. The highest BCUT2D eigenvalue weighted by Gasteiger charge is 2.36. The molecule has 1 aromatic rings. The molecule has 1 N–H and O–H groups in total. The minimum atomic E-state index is -4.42. The normalized spacial score (nSPS) is 20.1. The van der Waals surface area contributed by atoms with E-state index in [9.17, 15) is 18.0 Å². The Labute approximate surface area is 119 Å². The molecule has 1 amide bonds. The molecule has 2 aliphatic heterocycles. The lowest BCUT2D eigenvalue weighted by atomic mass is 10.0. The quantitative estimate of drug-likeness (QED) is 0.864. The van der Waals surface area contributed by atoms with Crippen molar-refractivity contribution < 1.29 is 22.7 Å². The number of carbonyl (C=O) groups is 1. The van der Waals surface area contributed by atoms with E-state index in [1.165, 1.54) is 6.07 Å². The minimum absolute atomic E-state index is 0.0122. The first kappa shape index (κ1) is 14.2. The summed E-state index contributed by atoms with van der Waals surface area (Å²) in [6, 6.07) is 3.31. The van der Waals surface area contributed by atoms with Crippen LogP contribution in [-0.4, -0.2) is 31.6 Å². The van der Waals surface area contributed by atoms with Crippen molar-refractivity contribution in [1.29, 1.82) is 0 Å². The van der Waals surface area contributed by atoms with E-state index in [4.69, 9.17) is 4.74 Å². The van der Waals surface area contributed by atoms with Crippen molar-refractivity contribution in [2.75, 3.05) is 24.6 Å². The van der Waals surface area contributed by atoms with Crippen LogP contribution in [-0.2, 0) is 11.0 Å². The topological polar surface area (TPSA) is 41.6 Å². The van der Waals surface area contributed by atoms with Crippen molar-refractivity contribution >= 4 is 11.6 Å². The Morgan fingerprint density at radius 2 is 1.95 bits per heavy atom. The molecule has 21 heavy (non-hydrogen) atoms. The number of fused-ring (bicyclic) bond motifs is 1. The van der Waals surface area contributed by atoms with Crippen LogP contribution >= 0.6 is 0 Å². The van der Waals surface area contributed by atoms with Crippen molar-refractivity contribution in [1.82, 2.24) is 5.32 Å². The van der Waals surface area contributed by atoms with E-state index in [2.05, 4.69) is 5.32 Å². The molecule has 1 fully saturated rings. The molecule has 7 heteroatoms. The second-order valence-corrected chi connectivity index (χ2v) is 5.21. The number of amides is 1. The number of anilines is 1. The highest BCUT2D eigenvalue weighted by molar-refractivity contribution is 5.98. The van der Waals surface area contributed by atoms with E-state index >= 15 is 0 Å². The number of alkyl halides is 3. The number of hydrogen-bond donors (Lipinski definition) is 1. The van der Waals surface area contributed by atoms with Crippen LogP contribution in [0, 0.1) is 0 Å². The third-order valence-corrected chi connectivity index (χ3v) is 3.84. The second-order valence-electron chi connectivity index (χ2n) is 5.21. The molecular weight excluding hydrogens is 285 g/mol. The summed E-state index contributed by atoms with van der Waals surface area (Å²) >= 11 is 0. The highest BCUT2D eigenvalue weighted by atomic mass is 19.4. The molecule has 0 aliphatic carbocycles. The molecule has 0 atom stereocenters. The molecule has 0 bridgehead atoms. The average molecular weight is 300 g/mol. The van der Waals surface area contributed by atoms with Gasteiger partial charge in [-0.15, -0.1) is 0 Å². The third-order valence-electron chi connectivity index (χ3n) is 3.84. The van der Waals surface area contributed by atoms with Gasteiger partial charge in [0.05, 0.1) is 11.3 Å². The van der Waals surface area contributed by atoms with Crippen molar-refractivity contribution in [2.24, 2.45) is 0 Å². The fraction of sp³-hybridized carbons (Fsp3) is 0.500. The Bertz CT molecular complexity index is 554. The van der Waals surface area contributed by atoms with Crippen LogP contribution in [0.2, 0.25) is 0 Å². The van der Waals surface area contributed by atoms with Crippen LogP contribution < -0.4 is 15.0 Å². The smallest absolute Gasteiger partial charge is 0.416 e. The van der Waals surface area contributed by atoms with Gasteiger partial charge in [0, 0.05) is 6.04 Å². The van der Waals surface area contributed by atoms with E-state index in [0.29, 0.717) is 5.69 Å². The summed E-state index contributed by atoms with van der Waals surface area (Å²) in [4.78, 5) is 13.7. The minimum Gasteiger partial charge on any atom is -0.482 e. The summed E-state index contributed by atoms with van der Waals surface area (Å²) < 4.78 is 43.4. The molecule has 1 saturated heterocycles. The monoisotopic (exact) mass is 300 g/mol. The van der Waals surface area contributed by atoms with Gasteiger partial charge >= 0.3 is 6.18 Å². The maximum absolute atomic E-state index is 12.7. The summed E-state index contributed by atoms with van der Waals surface area (Å²) in [5.41, 5.74) is -0.327. The summed E-state index contributed by atoms with van der Waals surface area (Å²) in [6.45, 7) is 1.38. The summed E-state index contributed by atoms with van der Waals surface area (Å²) in [5.74, 6) is -0.0721. The molecule has 0 unspecified atom stereocenters. The van der Waals surface area contributed by atoms with Crippen LogP contribution in [0.3, 0.4) is 0 Å². The lowest BCUT2D eigenvalue weighted by Crippen LogP contribution is -2.49. The fourth-order valence-electron chi connectivity index (χ4n) is 2.81. The number of halogens is 3. The van der Waals surface area contributed by atoms with Gasteiger partial charge in [0.1, 0.15) is 5.75 Å². The molecule has 0 saturated carbocycles. The lowest BCUT2D eigenvalue weighted by Gasteiger charge is -2.38. The number of nitrogens with zero attached hydrogens (tertiary/aromatic N) is 1. The second kappa shape index (κ2) is 5.22. The number of carbonyl (C=O) groups excluding carboxylic acids is 1. The van der Waals surface area contributed by atoms with Crippen LogP contribution in [0.15, 0.2) is 18.2 Å². The predicted molar refractivity (Wildman–Crippen MR) is 70.3 cm³/mol. The van der Waals surface area contributed by atoms with Crippen LogP contribution in [0.4, 0.5) is 18.9 Å². The zero-order valence-corrected chi connectivity index (χ0v) is 11.2. The van der Waals surface area contributed by atoms with Crippen molar-refractivity contribution in [3.8, 4) is 5.75 Å². The predicted octanol–water partition coefficient (Wildman–Crippen LogP) is 2.18. The van der Waals surface area contributed by atoms with Crippen molar-refractivity contribution in [3.05, 3.63) is 23.8 Å². The van der Waals surface area contributed by atoms with Gasteiger partial charge in [0.15, 0.2) is 6.61 Å². The highest BCUT2D eigenvalue weighted by Crippen LogP contribution is 2.39. The number of nitrogens with one attached hydrogen (secondary N) is 1. The summed E-state index contributed by atoms with van der Waals surface area (Å²) in [5, 5.41) is 3.20. The number of piperidine rings is 1.